The van der Waals surface area contributed by atoms with Crippen LogP contribution in [-0.2, 0) is 5.41 Å². The van der Waals surface area contributed by atoms with E-state index in [9.17, 15) is 0 Å². The van der Waals surface area contributed by atoms with Crippen molar-refractivity contribution in [3.05, 3.63) is 204 Å². The van der Waals surface area contributed by atoms with Gasteiger partial charge in [0.05, 0.1) is 16.8 Å². The molecule has 1 aromatic heterocycles. The summed E-state index contributed by atoms with van der Waals surface area (Å²) in [5, 5.41) is 14.2. The van der Waals surface area contributed by atoms with Crippen LogP contribution in [0.3, 0.4) is 0 Å². The van der Waals surface area contributed by atoms with Gasteiger partial charge in [-0.3, -0.25) is 0 Å². The van der Waals surface area contributed by atoms with Crippen LogP contribution in [0.4, 0.5) is 0 Å². The minimum Gasteiger partial charge on any atom is -0.150 e. The Bertz CT molecular complexity index is 2790. The summed E-state index contributed by atoms with van der Waals surface area (Å²) in [6.07, 6.45) is 0. The second kappa shape index (κ2) is 10.7. The number of fused-ring (bicyclic) bond motifs is 13. The van der Waals surface area contributed by atoms with Crippen molar-refractivity contribution in [2.45, 2.75) is 5.41 Å². The number of benzene rings is 8. The SMILES string of the molecule is c1ccc(-c2ccc(-c3ccc(-c4cc5c(c6ccccc46)-c4cc6ccccc6cc4C54c5ccccc5-c5ccccc54)cc3)nn2)cc1. The Morgan fingerprint density at radius 3 is 1.51 bits per heavy atom. The van der Waals surface area contributed by atoms with Crippen molar-refractivity contribution in [3.8, 4) is 55.9 Å². The Balaban J connectivity index is 1.15. The maximum atomic E-state index is 4.61. The third-order valence-electron chi connectivity index (χ3n) is 11.2. The van der Waals surface area contributed by atoms with Crippen LogP contribution in [-0.4, -0.2) is 10.2 Å². The number of rotatable bonds is 3. The Morgan fingerprint density at radius 1 is 0.314 bits per heavy atom. The van der Waals surface area contributed by atoms with Crippen molar-refractivity contribution in [3.63, 3.8) is 0 Å². The first kappa shape index (κ1) is 28.2. The van der Waals surface area contributed by atoms with Crippen LogP contribution in [0.25, 0.3) is 77.4 Å². The first-order valence-corrected chi connectivity index (χ1v) is 17.6. The summed E-state index contributed by atoms with van der Waals surface area (Å²) in [6, 6.07) is 66.4. The zero-order valence-electron chi connectivity index (χ0n) is 27.7. The van der Waals surface area contributed by atoms with Gasteiger partial charge in [0, 0.05) is 11.1 Å². The topological polar surface area (TPSA) is 25.8 Å². The third kappa shape index (κ3) is 3.93. The fourth-order valence-corrected chi connectivity index (χ4v) is 8.99. The lowest BCUT2D eigenvalue weighted by Crippen LogP contribution is -2.26. The molecule has 1 heterocycles. The number of hydrogen-bond donors (Lipinski definition) is 0. The largest absolute Gasteiger partial charge is 0.150 e. The van der Waals surface area contributed by atoms with Crippen LogP contribution in [0, 0.1) is 0 Å². The Hall–Kier alpha value is -6.64. The highest BCUT2D eigenvalue weighted by atomic mass is 15.1. The Labute approximate surface area is 296 Å². The fraction of sp³-hybridized carbons (Fsp3) is 0.0204. The summed E-state index contributed by atoms with van der Waals surface area (Å²) in [7, 11) is 0. The molecule has 0 fully saturated rings. The zero-order chi connectivity index (χ0) is 33.5. The van der Waals surface area contributed by atoms with Crippen LogP contribution in [0.5, 0.6) is 0 Å². The molecule has 0 aliphatic heterocycles. The van der Waals surface area contributed by atoms with Crippen LogP contribution < -0.4 is 0 Å². The van der Waals surface area contributed by atoms with E-state index in [1.165, 1.54) is 77.2 Å². The lowest BCUT2D eigenvalue weighted by molar-refractivity contribution is 0.796. The van der Waals surface area contributed by atoms with E-state index in [0.717, 1.165) is 22.5 Å². The monoisotopic (exact) mass is 646 g/mol. The minimum absolute atomic E-state index is 0.434. The van der Waals surface area contributed by atoms with E-state index >= 15 is 0 Å². The summed E-state index contributed by atoms with van der Waals surface area (Å²) >= 11 is 0. The summed E-state index contributed by atoms with van der Waals surface area (Å²) in [4.78, 5) is 0. The molecule has 0 radical (unpaired) electrons. The standard InChI is InChI=1S/C49H30N2/c1-2-12-32(13-3-1)46-26-27-47(51-50-46)33-24-22-31(23-25-33)40-30-45-48(39-19-7-6-16-36(39)40)41-28-34-14-4-5-15-35(34)29-44(41)49(45)42-20-10-8-17-37(42)38-18-9-11-21-43(38)49/h1-30H. The van der Waals surface area contributed by atoms with Gasteiger partial charge in [-0.15, -0.1) is 10.2 Å². The fourth-order valence-electron chi connectivity index (χ4n) is 8.99. The summed E-state index contributed by atoms with van der Waals surface area (Å²) in [5.74, 6) is 0. The maximum absolute atomic E-state index is 4.61. The van der Waals surface area contributed by atoms with Crippen molar-refractivity contribution in [2.24, 2.45) is 0 Å². The van der Waals surface area contributed by atoms with Gasteiger partial charge in [-0.05, 0) is 108 Å². The lowest BCUT2D eigenvalue weighted by atomic mass is 9.69. The maximum Gasteiger partial charge on any atom is 0.0930 e. The van der Waals surface area contributed by atoms with E-state index in [4.69, 9.17) is 0 Å². The molecular weight excluding hydrogens is 617 g/mol. The van der Waals surface area contributed by atoms with E-state index < -0.39 is 5.41 Å². The molecule has 9 aromatic rings. The highest BCUT2D eigenvalue weighted by Crippen LogP contribution is 2.64. The Kier molecular flexibility index (Phi) is 5.91. The molecule has 2 nitrogen and oxygen atoms in total. The normalized spacial score (nSPS) is 13.3. The highest BCUT2D eigenvalue weighted by Gasteiger charge is 2.52. The third-order valence-corrected chi connectivity index (χ3v) is 11.2. The molecule has 0 N–H and O–H groups in total. The van der Waals surface area contributed by atoms with Crippen molar-refractivity contribution in [1.29, 1.82) is 0 Å². The zero-order valence-corrected chi connectivity index (χ0v) is 27.7. The van der Waals surface area contributed by atoms with Crippen LogP contribution in [0.1, 0.15) is 22.3 Å². The second-order valence-electron chi connectivity index (χ2n) is 13.7. The van der Waals surface area contributed by atoms with Gasteiger partial charge in [-0.1, -0.05) is 152 Å². The van der Waals surface area contributed by atoms with Crippen LogP contribution >= 0.6 is 0 Å². The predicted molar refractivity (Wildman–Crippen MR) is 210 cm³/mol. The van der Waals surface area contributed by atoms with Gasteiger partial charge in [0.1, 0.15) is 0 Å². The molecule has 2 heteroatoms. The first-order valence-electron chi connectivity index (χ1n) is 17.6. The summed E-state index contributed by atoms with van der Waals surface area (Å²) < 4.78 is 0. The molecule has 0 atom stereocenters. The molecule has 2 aliphatic rings. The van der Waals surface area contributed by atoms with Crippen molar-refractivity contribution >= 4 is 21.5 Å². The van der Waals surface area contributed by atoms with Crippen LogP contribution in [0.15, 0.2) is 182 Å². The molecule has 0 bridgehead atoms. The van der Waals surface area contributed by atoms with Gasteiger partial charge in [-0.2, -0.15) is 0 Å². The van der Waals surface area contributed by atoms with E-state index in [2.05, 4.69) is 174 Å². The summed E-state index contributed by atoms with van der Waals surface area (Å²) in [5.41, 5.74) is 16.6. The molecule has 51 heavy (non-hydrogen) atoms. The van der Waals surface area contributed by atoms with E-state index in [1.54, 1.807) is 0 Å². The van der Waals surface area contributed by atoms with Crippen LogP contribution in [0.2, 0.25) is 0 Å². The van der Waals surface area contributed by atoms with Crippen molar-refractivity contribution in [1.82, 2.24) is 10.2 Å². The number of hydrogen-bond acceptors (Lipinski definition) is 2. The molecule has 0 saturated carbocycles. The van der Waals surface area contributed by atoms with E-state index in [-0.39, 0.29) is 0 Å². The van der Waals surface area contributed by atoms with Gasteiger partial charge in [-0.25, -0.2) is 0 Å². The summed E-state index contributed by atoms with van der Waals surface area (Å²) in [6.45, 7) is 0. The van der Waals surface area contributed by atoms with E-state index in [0.29, 0.717) is 0 Å². The van der Waals surface area contributed by atoms with Gasteiger partial charge < -0.3 is 0 Å². The molecule has 2 aliphatic carbocycles. The second-order valence-corrected chi connectivity index (χ2v) is 13.7. The molecule has 0 amide bonds. The number of nitrogens with zero attached hydrogens (tertiary/aromatic N) is 2. The minimum atomic E-state index is -0.434. The predicted octanol–water partition coefficient (Wildman–Crippen LogP) is 12.1. The van der Waals surface area contributed by atoms with Crippen molar-refractivity contribution in [2.75, 3.05) is 0 Å². The average molecular weight is 647 g/mol. The van der Waals surface area contributed by atoms with Gasteiger partial charge in [0.2, 0.25) is 0 Å². The molecule has 8 aromatic carbocycles. The average Bonchev–Trinajstić information content (AvgIpc) is 3.67. The van der Waals surface area contributed by atoms with Gasteiger partial charge in [0.25, 0.3) is 0 Å². The first-order chi connectivity index (χ1) is 25.3. The molecule has 236 valence electrons. The van der Waals surface area contributed by atoms with Gasteiger partial charge in [0.15, 0.2) is 0 Å². The Morgan fingerprint density at radius 2 is 0.843 bits per heavy atom. The van der Waals surface area contributed by atoms with Crippen molar-refractivity contribution < 1.29 is 0 Å². The highest BCUT2D eigenvalue weighted by molar-refractivity contribution is 6.12. The molecular formula is C49H30N2. The smallest absolute Gasteiger partial charge is 0.0930 e. The quantitative estimate of drug-likeness (QED) is 0.191. The molecule has 1 spiro atoms. The lowest BCUT2D eigenvalue weighted by Gasteiger charge is -2.31. The molecule has 0 saturated heterocycles. The van der Waals surface area contributed by atoms with E-state index in [1.807, 2.05) is 18.2 Å². The number of aromatic nitrogens is 2. The molecule has 11 rings (SSSR count). The molecule has 0 unspecified atom stereocenters. The van der Waals surface area contributed by atoms with Gasteiger partial charge >= 0.3 is 0 Å².